The number of carbonyl (C=O) groups is 1. The molecule has 0 radical (unpaired) electrons. The molecule has 0 bridgehead atoms. The summed E-state index contributed by atoms with van der Waals surface area (Å²) in [4.78, 5) is 19.3. The Morgan fingerprint density at radius 3 is 2.44 bits per heavy atom. The predicted octanol–water partition coefficient (Wildman–Crippen LogP) is 3.84. The van der Waals surface area contributed by atoms with Crippen LogP contribution in [-0.2, 0) is 21.2 Å². The second kappa shape index (κ2) is 11.7. The number of nitrogens with zero attached hydrogens (tertiary/aromatic N) is 4. The second-order valence-corrected chi connectivity index (χ2v) is 12.0. The van der Waals surface area contributed by atoms with Crippen molar-refractivity contribution in [3.63, 3.8) is 0 Å². The predicted molar refractivity (Wildman–Crippen MR) is 131 cm³/mol. The van der Waals surface area contributed by atoms with Crippen LogP contribution in [0.3, 0.4) is 0 Å². The lowest BCUT2D eigenvalue weighted by molar-refractivity contribution is -0.175. The molecule has 1 saturated heterocycles. The van der Waals surface area contributed by atoms with Gasteiger partial charge in [-0.15, -0.1) is 0 Å². The zero-order chi connectivity index (χ0) is 26.5. The molecule has 1 N–H and O–H groups in total. The molecule has 198 valence electrons. The van der Waals surface area contributed by atoms with Gasteiger partial charge in [0.2, 0.25) is 16.4 Å². The van der Waals surface area contributed by atoms with Crippen molar-refractivity contribution in [2.75, 3.05) is 18.8 Å². The van der Waals surface area contributed by atoms with E-state index in [4.69, 9.17) is 0 Å². The molecule has 11 heteroatoms. The summed E-state index contributed by atoms with van der Waals surface area (Å²) in [7, 11) is -3.80. The quantitative estimate of drug-likeness (QED) is 0.272. The van der Waals surface area contributed by atoms with Gasteiger partial charge in [-0.3, -0.25) is 10.0 Å². The van der Waals surface area contributed by atoms with Crippen LogP contribution >= 0.6 is 0 Å². The summed E-state index contributed by atoms with van der Waals surface area (Å²) in [5.41, 5.74) is 0.575. The van der Waals surface area contributed by atoms with Gasteiger partial charge in [-0.25, -0.2) is 36.5 Å². The average Bonchev–Trinajstić information content (AvgIpc) is 2.83. The van der Waals surface area contributed by atoms with Crippen LogP contribution in [0.2, 0.25) is 0 Å². The van der Waals surface area contributed by atoms with E-state index in [1.165, 1.54) is 23.4 Å². The molecule has 0 unspecified atom stereocenters. The van der Waals surface area contributed by atoms with Crippen molar-refractivity contribution >= 4 is 16.4 Å². The number of piperidine rings is 1. The van der Waals surface area contributed by atoms with Gasteiger partial charge in [-0.05, 0) is 75.1 Å². The highest BCUT2D eigenvalue weighted by atomic mass is 32.2. The summed E-state index contributed by atoms with van der Waals surface area (Å²) >= 11 is 0. The maximum atomic E-state index is 13.3. The molecular formula is C25H34F2N4O4S. The molecule has 1 aromatic carbocycles. The number of carbonyl (C=O) groups excluding carboxylic acids is 1. The molecule has 0 aliphatic carbocycles. The SMILES string of the molecule is Cc1cc(F)ccc1CCC1CCN(S(=O)(=O)C[C@](C)(C[C@H](C)c2ncc(F)cn2)N(O)C=O)CC1. The Balaban J connectivity index is 1.61. The van der Waals surface area contributed by atoms with Crippen molar-refractivity contribution in [1.29, 1.82) is 0 Å². The standard InChI is InChI=1S/C25H34F2N4O4S/c1-18-12-22(26)7-6-21(18)5-4-20-8-10-30(11-9-20)36(34,35)16-25(3,31(33)17-32)13-19(2)24-28-14-23(27)15-29-24/h6-7,12,14-15,17,19-20,33H,4-5,8-11,13,16H2,1-3H3/t19-,25-/m0/s1. The summed E-state index contributed by atoms with van der Waals surface area (Å²) in [6.07, 6.45) is 5.39. The summed E-state index contributed by atoms with van der Waals surface area (Å²) in [6.45, 7) is 5.82. The zero-order valence-electron chi connectivity index (χ0n) is 20.9. The Kier molecular flexibility index (Phi) is 9.13. The normalized spacial score (nSPS) is 17.9. The summed E-state index contributed by atoms with van der Waals surface area (Å²) < 4.78 is 54.5. The fraction of sp³-hybridized carbons (Fsp3) is 0.560. The summed E-state index contributed by atoms with van der Waals surface area (Å²) in [5, 5.41) is 10.7. The van der Waals surface area contributed by atoms with Crippen LogP contribution in [0, 0.1) is 24.5 Å². The van der Waals surface area contributed by atoms with Crippen LogP contribution in [-0.4, -0.2) is 63.8 Å². The number of hydrogen-bond acceptors (Lipinski definition) is 6. The van der Waals surface area contributed by atoms with Gasteiger partial charge in [-0.1, -0.05) is 13.0 Å². The van der Waals surface area contributed by atoms with Crippen LogP contribution in [0.5, 0.6) is 0 Å². The van der Waals surface area contributed by atoms with Gasteiger partial charge in [0.05, 0.1) is 23.7 Å². The fourth-order valence-electron chi connectivity index (χ4n) is 4.93. The van der Waals surface area contributed by atoms with Crippen LogP contribution in [0.1, 0.15) is 62.4 Å². The first kappa shape index (κ1) is 28.1. The average molecular weight is 525 g/mol. The lowest BCUT2D eigenvalue weighted by Crippen LogP contribution is -2.53. The maximum absolute atomic E-state index is 13.3. The molecule has 1 amide bonds. The minimum absolute atomic E-state index is 0.0561. The van der Waals surface area contributed by atoms with E-state index in [9.17, 15) is 27.2 Å². The first-order valence-corrected chi connectivity index (χ1v) is 13.7. The highest BCUT2D eigenvalue weighted by molar-refractivity contribution is 7.89. The molecule has 0 saturated carbocycles. The third kappa shape index (κ3) is 7.04. The lowest BCUT2D eigenvalue weighted by Gasteiger charge is -2.38. The summed E-state index contributed by atoms with van der Waals surface area (Å²) in [6, 6.07) is 4.78. The smallest absolute Gasteiger partial charge is 0.233 e. The number of halogens is 2. The maximum Gasteiger partial charge on any atom is 0.233 e. The minimum Gasteiger partial charge on any atom is -0.286 e. The van der Waals surface area contributed by atoms with E-state index < -0.39 is 33.1 Å². The van der Waals surface area contributed by atoms with Gasteiger partial charge in [-0.2, -0.15) is 0 Å². The highest BCUT2D eigenvalue weighted by Gasteiger charge is 2.41. The van der Waals surface area contributed by atoms with Crippen LogP contribution < -0.4 is 0 Å². The lowest BCUT2D eigenvalue weighted by atomic mass is 9.90. The molecule has 3 rings (SSSR count). The topological polar surface area (TPSA) is 104 Å². The Labute approximate surface area is 211 Å². The third-order valence-corrected chi connectivity index (χ3v) is 9.21. The fourth-order valence-corrected chi connectivity index (χ4v) is 6.92. The Bertz CT molecular complexity index is 1140. The molecule has 0 spiro atoms. The summed E-state index contributed by atoms with van der Waals surface area (Å²) in [5.74, 6) is -1.12. The van der Waals surface area contributed by atoms with Crippen LogP contribution in [0.15, 0.2) is 30.6 Å². The molecule has 1 fully saturated rings. The molecule has 1 aliphatic heterocycles. The Hall–Kier alpha value is -2.50. The number of hydrogen-bond donors (Lipinski definition) is 1. The van der Waals surface area contributed by atoms with E-state index in [1.807, 2.05) is 6.92 Å². The molecular weight excluding hydrogens is 490 g/mol. The van der Waals surface area contributed by atoms with Crippen molar-refractivity contribution in [1.82, 2.24) is 19.3 Å². The molecule has 1 aromatic heterocycles. The monoisotopic (exact) mass is 524 g/mol. The molecule has 2 atom stereocenters. The number of sulfonamides is 1. The molecule has 36 heavy (non-hydrogen) atoms. The molecule has 8 nitrogen and oxygen atoms in total. The largest absolute Gasteiger partial charge is 0.286 e. The van der Waals surface area contributed by atoms with Crippen molar-refractivity contribution in [3.8, 4) is 0 Å². The molecule has 2 aromatic rings. The van der Waals surface area contributed by atoms with E-state index in [0.29, 0.717) is 36.9 Å². The van der Waals surface area contributed by atoms with Crippen molar-refractivity contribution in [3.05, 3.63) is 59.2 Å². The van der Waals surface area contributed by atoms with Gasteiger partial charge in [0.25, 0.3) is 0 Å². The number of aromatic nitrogens is 2. The minimum atomic E-state index is -3.80. The van der Waals surface area contributed by atoms with Gasteiger partial charge in [0.1, 0.15) is 11.6 Å². The van der Waals surface area contributed by atoms with Gasteiger partial charge in [0.15, 0.2) is 5.82 Å². The van der Waals surface area contributed by atoms with Crippen LogP contribution in [0.25, 0.3) is 0 Å². The van der Waals surface area contributed by atoms with Crippen molar-refractivity contribution < 1.29 is 27.2 Å². The second-order valence-electron chi connectivity index (χ2n) is 10.0. The number of rotatable bonds is 11. The van der Waals surface area contributed by atoms with Crippen molar-refractivity contribution in [2.45, 2.75) is 64.3 Å². The molecule has 2 heterocycles. The third-order valence-electron chi connectivity index (χ3n) is 7.07. The van der Waals surface area contributed by atoms with E-state index in [2.05, 4.69) is 9.97 Å². The van der Waals surface area contributed by atoms with E-state index >= 15 is 0 Å². The van der Waals surface area contributed by atoms with E-state index in [-0.39, 0.29) is 24.5 Å². The van der Waals surface area contributed by atoms with Crippen LogP contribution in [0.4, 0.5) is 8.78 Å². The van der Waals surface area contributed by atoms with Gasteiger partial charge in [0, 0.05) is 19.0 Å². The Morgan fingerprint density at radius 2 is 1.86 bits per heavy atom. The first-order chi connectivity index (χ1) is 16.9. The number of aryl methyl sites for hydroxylation is 2. The molecule has 1 aliphatic rings. The van der Waals surface area contributed by atoms with Gasteiger partial charge >= 0.3 is 0 Å². The van der Waals surface area contributed by atoms with E-state index in [1.54, 1.807) is 13.0 Å². The van der Waals surface area contributed by atoms with Crippen molar-refractivity contribution in [2.24, 2.45) is 5.92 Å². The van der Waals surface area contributed by atoms with E-state index in [0.717, 1.165) is 36.4 Å². The number of hydroxylamine groups is 2. The zero-order valence-corrected chi connectivity index (χ0v) is 21.7. The number of amides is 1. The van der Waals surface area contributed by atoms with Gasteiger partial charge < -0.3 is 0 Å². The highest BCUT2D eigenvalue weighted by Crippen LogP contribution is 2.31. The first-order valence-electron chi connectivity index (χ1n) is 12.1. The Morgan fingerprint density at radius 1 is 1.22 bits per heavy atom. The number of benzene rings is 1.